The second-order valence-corrected chi connectivity index (χ2v) is 5.27. The smallest absolute Gasteiger partial charge is 0.122 e. The minimum absolute atomic E-state index is 0.509. The molecule has 1 saturated heterocycles. The molecule has 0 aromatic heterocycles. The fraction of sp³-hybridized carbons (Fsp3) is 0.600. The van der Waals surface area contributed by atoms with Crippen LogP contribution < -0.4 is 15.8 Å². The molecular formula is C15H24N2O. The van der Waals surface area contributed by atoms with E-state index in [1.165, 1.54) is 16.7 Å². The highest BCUT2D eigenvalue weighted by atomic mass is 16.5. The maximum absolute atomic E-state index is 5.91. The summed E-state index contributed by atoms with van der Waals surface area (Å²) in [4.78, 5) is 0. The first-order valence-corrected chi connectivity index (χ1v) is 6.73. The Morgan fingerprint density at radius 3 is 2.72 bits per heavy atom. The van der Waals surface area contributed by atoms with Crippen LogP contribution in [0, 0.1) is 19.8 Å². The predicted octanol–water partition coefficient (Wildman–Crippen LogP) is 1.96. The van der Waals surface area contributed by atoms with Crippen LogP contribution in [0.1, 0.15) is 29.0 Å². The number of aryl methyl sites for hydroxylation is 2. The zero-order chi connectivity index (χ0) is 13.1. The number of nitrogens with one attached hydrogen (secondary N) is 1. The van der Waals surface area contributed by atoms with E-state index < -0.39 is 0 Å². The van der Waals surface area contributed by atoms with Crippen LogP contribution >= 0.6 is 0 Å². The molecule has 2 rings (SSSR count). The van der Waals surface area contributed by atoms with Gasteiger partial charge in [-0.1, -0.05) is 6.07 Å². The zero-order valence-electron chi connectivity index (χ0n) is 11.6. The van der Waals surface area contributed by atoms with Crippen molar-refractivity contribution in [1.82, 2.24) is 5.32 Å². The first-order valence-electron chi connectivity index (χ1n) is 6.73. The molecule has 1 aliphatic rings. The molecule has 1 heterocycles. The molecule has 0 saturated carbocycles. The van der Waals surface area contributed by atoms with Crippen LogP contribution in [-0.4, -0.2) is 26.7 Å². The van der Waals surface area contributed by atoms with Gasteiger partial charge in [-0.25, -0.2) is 0 Å². The minimum Gasteiger partial charge on any atom is -0.496 e. The number of methoxy groups -OCH3 is 1. The van der Waals surface area contributed by atoms with Gasteiger partial charge in [0.05, 0.1) is 7.11 Å². The summed E-state index contributed by atoms with van der Waals surface area (Å²) in [5.74, 6) is 2.05. The molecule has 0 bridgehead atoms. The van der Waals surface area contributed by atoms with Crippen molar-refractivity contribution < 1.29 is 4.74 Å². The van der Waals surface area contributed by atoms with Gasteiger partial charge in [-0.3, -0.25) is 0 Å². The molecule has 1 fully saturated rings. The van der Waals surface area contributed by atoms with Gasteiger partial charge in [-0.05, 0) is 74.5 Å². The van der Waals surface area contributed by atoms with Crippen molar-refractivity contribution in [3.05, 3.63) is 28.8 Å². The molecule has 0 radical (unpaired) electrons. The largest absolute Gasteiger partial charge is 0.496 e. The lowest BCUT2D eigenvalue weighted by Gasteiger charge is -2.33. The molecule has 3 nitrogen and oxygen atoms in total. The maximum atomic E-state index is 5.91. The summed E-state index contributed by atoms with van der Waals surface area (Å²) >= 11 is 0. The first kappa shape index (κ1) is 13.4. The third-order valence-corrected chi connectivity index (χ3v) is 4.16. The number of hydrogen-bond donors (Lipinski definition) is 2. The Labute approximate surface area is 110 Å². The molecule has 18 heavy (non-hydrogen) atoms. The van der Waals surface area contributed by atoms with Crippen LogP contribution in [0.3, 0.4) is 0 Å². The molecule has 100 valence electrons. The van der Waals surface area contributed by atoms with Crippen molar-refractivity contribution in [1.29, 1.82) is 0 Å². The number of nitrogens with two attached hydrogens (primary N) is 1. The summed E-state index contributed by atoms with van der Waals surface area (Å²) in [5, 5.41) is 3.43. The van der Waals surface area contributed by atoms with Crippen LogP contribution in [0.2, 0.25) is 0 Å². The average Bonchev–Trinajstić information content (AvgIpc) is 2.41. The number of piperidine rings is 1. The summed E-state index contributed by atoms with van der Waals surface area (Å²) in [5.41, 5.74) is 9.86. The fourth-order valence-electron chi connectivity index (χ4n) is 2.86. The minimum atomic E-state index is 0.509. The summed E-state index contributed by atoms with van der Waals surface area (Å²) in [6, 6.07) is 4.44. The Morgan fingerprint density at radius 1 is 1.33 bits per heavy atom. The van der Waals surface area contributed by atoms with E-state index in [0.717, 1.165) is 31.8 Å². The van der Waals surface area contributed by atoms with Crippen LogP contribution in [0.25, 0.3) is 0 Å². The molecule has 1 aromatic carbocycles. The lowest BCUT2D eigenvalue weighted by Crippen LogP contribution is -2.39. The van der Waals surface area contributed by atoms with Crippen molar-refractivity contribution in [2.75, 3.05) is 26.7 Å². The Kier molecular flexibility index (Phi) is 4.25. The summed E-state index contributed by atoms with van der Waals surface area (Å²) in [6.07, 6.45) is 1.14. The van der Waals surface area contributed by atoms with Crippen LogP contribution in [-0.2, 0) is 0 Å². The Bertz CT molecular complexity index is 417. The van der Waals surface area contributed by atoms with Gasteiger partial charge in [0.15, 0.2) is 0 Å². The van der Waals surface area contributed by atoms with Crippen molar-refractivity contribution in [2.24, 2.45) is 11.7 Å². The summed E-state index contributed by atoms with van der Waals surface area (Å²) in [7, 11) is 1.76. The van der Waals surface area contributed by atoms with E-state index in [9.17, 15) is 0 Å². The highest BCUT2D eigenvalue weighted by Crippen LogP contribution is 2.37. The molecule has 3 heteroatoms. The second-order valence-electron chi connectivity index (χ2n) is 5.27. The standard InChI is InChI=1S/C15H24N2O/c1-10-6-14(15(18-3)7-11(10)2)13-4-5-17-9-12(13)8-16/h6-7,12-13,17H,4-5,8-9,16H2,1-3H3. The van der Waals surface area contributed by atoms with E-state index in [1.807, 2.05) is 0 Å². The SMILES string of the molecule is COc1cc(C)c(C)cc1C1CCNCC1CN. The van der Waals surface area contributed by atoms with Gasteiger partial charge < -0.3 is 15.8 Å². The highest BCUT2D eigenvalue weighted by molar-refractivity contribution is 5.44. The predicted molar refractivity (Wildman–Crippen MR) is 75.2 cm³/mol. The monoisotopic (exact) mass is 248 g/mol. The van der Waals surface area contributed by atoms with E-state index >= 15 is 0 Å². The van der Waals surface area contributed by atoms with Gasteiger partial charge in [0.2, 0.25) is 0 Å². The van der Waals surface area contributed by atoms with E-state index in [4.69, 9.17) is 10.5 Å². The van der Waals surface area contributed by atoms with Crippen LogP contribution in [0.5, 0.6) is 5.75 Å². The van der Waals surface area contributed by atoms with Gasteiger partial charge in [0.1, 0.15) is 5.75 Å². The van der Waals surface area contributed by atoms with Gasteiger partial charge in [-0.15, -0.1) is 0 Å². The normalized spacial score (nSPS) is 24.0. The number of hydrogen-bond acceptors (Lipinski definition) is 3. The number of rotatable bonds is 3. The van der Waals surface area contributed by atoms with Crippen LogP contribution in [0.15, 0.2) is 12.1 Å². The Morgan fingerprint density at radius 2 is 2.06 bits per heavy atom. The van der Waals surface area contributed by atoms with Crippen molar-refractivity contribution in [3.63, 3.8) is 0 Å². The number of ether oxygens (including phenoxy) is 1. The average molecular weight is 248 g/mol. The molecule has 0 aliphatic carbocycles. The zero-order valence-corrected chi connectivity index (χ0v) is 11.6. The Balaban J connectivity index is 2.38. The highest BCUT2D eigenvalue weighted by Gasteiger charge is 2.27. The van der Waals surface area contributed by atoms with E-state index in [0.29, 0.717) is 11.8 Å². The van der Waals surface area contributed by atoms with Gasteiger partial charge in [0.25, 0.3) is 0 Å². The molecular weight excluding hydrogens is 224 g/mol. The maximum Gasteiger partial charge on any atom is 0.122 e. The first-order chi connectivity index (χ1) is 8.67. The molecule has 0 amide bonds. The van der Waals surface area contributed by atoms with Gasteiger partial charge >= 0.3 is 0 Å². The topological polar surface area (TPSA) is 47.3 Å². The van der Waals surface area contributed by atoms with Gasteiger partial charge in [0, 0.05) is 0 Å². The second kappa shape index (κ2) is 5.72. The molecule has 1 aromatic rings. The molecule has 2 unspecified atom stereocenters. The van der Waals surface area contributed by atoms with Crippen molar-refractivity contribution in [2.45, 2.75) is 26.2 Å². The summed E-state index contributed by atoms with van der Waals surface area (Å²) < 4.78 is 5.57. The number of benzene rings is 1. The summed E-state index contributed by atoms with van der Waals surface area (Å²) in [6.45, 7) is 7.10. The van der Waals surface area contributed by atoms with Crippen molar-refractivity contribution in [3.8, 4) is 5.75 Å². The lowest BCUT2D eigenvalue weighted by atomic mass is 9.80. The third kappa shape index (κ3) is 2.52. The fourth-order valence-corrected chi connectivity index (χ4v) is 2.86. The van der Waals surface area contributed by atoms with Crippen molar-refractivity contribution >= 4 is 0 Å². The Hall–Kier alpha value is -1.06. The molecule has 2 atom stereocenters. The van der Waals surface area contributed by atoms with E-state index in [1.54, 1.807) is 7.11 Å². The molecule has 0 spiro atoms. The third-order valence-electron chi connectivity index (χ3n) is 4.16. The van der Waals surface area contributed by atoms with E-state index in [-0.39, 0.29) is 0 Å². The lowest BCUT2D eigenvalue weighted by molar-refractivity contribution is 0.320. The van der Waals surface area contributed by atoms with E-state index in [2.05, 4.69) is 31.3 Å². The molecule has 3 N–H and O–H groups in total. The molecule has 1 aliphatic heterocycles. The van der Waals surface area contributed by atoms with Gasteiger partial charge in [-0.2, -0.15) is 0 Å². The van der Waals surface area contributed by atoms with Crippen LogP contribution in [0.4, 0.5) is 0 Å². The quantitative estimate of drug-likeness (QED) is 0.859.